The highest BCUT2D eigenvalue weighted by atomic mass is 19.1. The van der Waals surface area contributed by atoms with Crippen molar-refractivity contribution in [3.63, 3.8) is 0 Å². The van der Waals surface area contributed by atoms with Gasteiger partial charge >= 0.3 is 5.97 Å². The third-order valence-corrected chi connectivity index (χ3v) is 4.24. The van der Waals surface area contributed by atoms with E-state index in [0.29, 0.717) is 23.5 Å². The molecule has 0 aliphatic carbocycles. The predicted octanol–water partition coefficient (Wildman–Crippen LogP) is 4.32. The second-order valence-corrected chi connectivity index (χ2v) is 7.11. The lowest BCUT2D eigenvalue weighted by atomic mass is 10.1. The summed E-state index contributed by atoms with van der Waals surface area (Å²) < 4.78 is 25.5. The van der Waals surface area contributed by atoms with Gasteiger partial charge in [-0.2, -0.15) is 5.10 Å². The second kappa shape index (κ2) is 9.82. The summed E-state index contributed by atoms with van der Waals surface area (Å²) in [4.78, 5) is 16.1. The maximum absolute atomic E-state index is 14.7. The Kier molecular flexibility index (Phi) is 6.94. The third-order valence-electron chi connectivity index (χ3n) is 4.24. The van der Waals surface area contributed by atoms with E-state index in [9.17, 15) is 9.18 Å². The average Bonchev–Trinajstić information content (AvgIpc) is 3.26. The molecule has 0 spiro atoms. The van der Waals surface area contributed by atoms with E-state index in [-0.39, 0.29) is 37.2 Å². The molecule has 29 heavy (non-hydrogen) atoms. The average molecular weight is 397 g/mol. The van der Waals surface area contributed by atoms with E-state index in [1.54, 1.807) is 42.7 Å². The van der Waals surface area contributed by atoms with Gasteiger partial charge in [-0.1, -0.05) is 32.0 Å². The number of H-pyrrole nitrogens is 1. The van der Waals surface area contributed by atoms with Gasteiger partial charge in [0, 0.05) is 18.2 Å². The number of aryl methyl sites for hydroxylation is 1. The Morgan fingerprint density at radius 3 is 2.69 bits per heavy atom. The number of carbonyl (C=O) groups excluding carboxylic acids is 1. The molecule has 0 aliphatic heterocycles. The molecule has 0 fully saturated rings. The lowest BCUT2D eigenvalue weighted by molar-refractivity contribution is -0.144. The molecule has 0 saturated carbocycles. The van der Waals surface area contributed by atoms with Gasteiger partial charge in [0.1, 0.15) is 18.2 Å². The Morgan fingerprint density at radius 1 is 1.17 bits per heavy atom. The molecule has 0 amide bonds. The van der Waals surface area contributed by atoms with E-state index in [1.807, 2.05) is 19.9 Å². The zero-order valence-corrected chi connectivity index (χ0v) is 16.5. The highest BCUT2D eigenvalue weighted by Crippen LogP contribution is 2.20. The summed E-state index contributed by atoms with van der Waals surface area (Å²) in [6, 6.07) is 10.5. The van der Waals surface area contributed by atoms with E-state index >= 15 is 0 Å². The van der Waals surface area contributed by atoms with Gasteiger partial charge in [0.05, 0.1) is 24.2 Å². The number of pyridine rings is 1. The first-order chi connectivity index (χ1) is 14.0. The Labute approximate surface area is 169 Å². The maximum Gasteiger partial charge on any atom is 0.306 e. The summed E-state index contributed by atoms with van der Waals surface area (Å²) in [5.41, 5.74) is 2.45. The second-order valence-electron chi connectivity index (χ2n) is 7.11. The van der Waals surface area contributed by atoms with Gasteiger partial charge in [-0.05, 0) is 36.1 Å². The van der Waals surface area contributed by atoms with Gasteiger partial charge in [-0.25, -0.2) is 4.39 Å². The molecule has 0 aliphatic rings. The molecule has 2 aromatic heterocycles. The van der Waals surface area contributed by atoms with Crippen LogP contribution < -0.4 is 4.74 Å². The van der Waals surface area contributed by atoms with Crippen LogP contribution in [0, 0.1) is 11.7 Å². The summed E-state index contributed by atoms with van der Waals surface area (Å²) in [6.07, 6.45) is 3.67. The third kappa shape index (κ3) is 5.88. The predicted molar refractivity (Wildman–Crippen MR) is 107 cm³/mol. The van der Waals surface area contributed by atoms with E-state index in [4.69, 9.17) is 9.47 Å². The monoisotopic (exact) mass is 397 g/mol. The highest BCUT2D eigenvalue weighted by molar-refractivity contribution is 5.69. The molecule has 0 radical (unpaired) electrons. The lowest BCUT2D eigenvalue weighted by Crippen LogP contribution is -2.11. The van der Waals surface area contributed by atoms with Crippen molar-refractivity contribution < 1.29 is 18.7 Å². The molecular formula is C22H24FN3O3. The zero-order chi connectivity index (χ0) is 20.6. The van der Waals surface area contributed by atoms with Crippen LogP contribution in [0.15, 0.2) is 48.8 Å². The molecular weight excluding hydrogens is 373 g/mol. The molecule has 7 heteroatoms. The summed E-state index contributed by atoms with van der Waals surface area (Å²) in [5.74, 6) is 0.143. The maximum atomic E-state index is 14.7. The van der Waals surface area contributed by atoms with Crippen LogP contribution in [0.3, 0.4) is 0 Å². The number of carbonyl (C=O) groups is 1. The standard InChI is InChI=1S/C22H24FN3O3/c1-15(2)13-29-21(27)9-6-16-4-3-5-17(22(16)23)14-28-18-7-8-19(24-12-18)20-10-11-25-26-20/h3-5,7-8,10-12,15H,6,9,13-14H2,1-2H3,(H,25,26). The van der Waals surface area contributed by atoms with Gasteiger partial charge < -0.3 is 9.47 Å². The van der Waals surface area contributed by atoms with E-state index in [1.165, 1.54) is 0 Å². The lowest BCUT2D eigenvalue weighted by Gasteiger charge is -2.11. The summed E-state index contributed by atoms with van der Waals surface area (Å²) in [7, 11) is 0. The van der Waals surface area contributed by atoms with Crippen molar-refractivity contribution in [1.82, 2.24) is 15.2 Å². The molecule has 0 atom stereocenters. The van der Waals surface area contributed by atoms with Crippen LogP contribution in [-0.4, -0.2) is 27.8 Å². The number of hydrogen-bond acceptors (Lipinski definition) is 5. The molecule has 0 bridgehead atoms. The van der Waals surface area contributed by atoms with Crippen LogP contribution in [0.2, 0.25) is 0 Å². The summed E-state index contributed by atoms with van der Waals surface area (Å²) in [6.45, 7) is 4.39. The minimum Gasteiger partial charge on any atom is -0.487 e. The van der Waals surface area contributed by atoms with E-state index in [2.05, 4.69) is 15.2 Å². The van der Waals surface area contributed by atoms with Crippen LogP contribution in [0.25, 0.3) is 11.4 Å². The molecule has 0 unspecified atom stereocenters. The van der Waals surface area contributed by atoms with Gasteiger partial charge in [0.15, 0.2) is 0 Å². The quantitative estimate of drug-likeness (QED) is 0.544. The van der Waals surface area contributed by atoms with Crippen molar-refractivity contribution in [2.45, 2.75) is 33.3 Å². The first kappa shape index (κ1) is 20.5. The topological polar surface area (TPSA) is 77.1 Å². The normalized spacial score (nSPS) is 10.9. The van der Waals surface area contributed by atoms with Gasteiger partial charge in [-0.3, -0.25) is 14.9 Å². The minimum absolute atomic E-state index is 0.0720. The summed E-state index contributed by atoms with van der Waals surface area (Å²) in [5, 5.41) is 6.73. The number of esters is 1. The van der Waals surface area contributed by atoms with Crippen LogP contribution >= 0.6 is 0 Å². The highest BCUT2D eigenvalue weighted by Gasteiger charge is 2.12. The molecule has 1 N–H and O–H groups in total. The molecule has 2 heterocycles. The van der Waals surface area contributed by atoms with Crippen LogP contribution in [0.4, 0.5) is 4.39 Å². The Balaban J connectivity index is 1.56. The minimum atomic E-state index is -0.355. The van der Waals surface area contributed by atoms with Gasteiger partial charge in [0.2, 0.25) is 0 Å². The number of benzene rings is 1. The SMILES string of the molecule is CC(C)COC(=O)CCc1cccc(COc2ccc(-c3ccn[nH]3)nc2)c1F. The van der Waals surface area contributed by atoms with E-state index < -0.39 is 0 Å². The smallest absolute Gasteiger partial charge is 0.306 e. The Bertz CT molecular complexity index is 925. The number of hydrogen-bond donors (Lipinski definition) is 1. The molecule has 152 valence electrons. The van der Waals surface area contributed by atoms with Crippen molar-refractivity contribution >= 4 is 5.97 Å². The van der Waals surface area contributed by atoms with Crippen molar-refractivity contribution in [2.24, 2.45) is 5.92 Å². The number of aromatic amines is 1. The summed E-state index contributed by atoms with van der Waals surface area (Å²) >= 11 is 0. The number of nitrogens with zero attached hydrogens (tertiary/aromatic N) is 2. The molecule has 3 aromatic rings. The first-order valence-corrected chi connectivity index (χ1v) is 9.53. The Hall–Kier alpha value is -3.22. The molecule has 0 saturated heterocycles. The number of ether oxygens (including phenoxy) is 2. The van der Waals surface area contributed by atoms with Crippen molar-refractivity contribution in [2.75, 3.05) is 6.61 Å². The van der Waals surface area contributed by atoms with Gasteiger partial charge in [0.25, 0.3) is 0 Å². The van der Waals surface area contributed by atoms with Crippen LogP contribution in [0.1, 0.15) is 31.4 Å². The van der Waals surface area contributed by atoms with Crippen LogP contribution in [-0.2, 0) is 22.6 Å². The number of nitrogens with one attached hydrogen (secondary N) is 1. The van der Waals surface area contributed by atoms with Crippen LogP contribution in [0.5, 0.6) is 5.75 Å². The zero-order valence-electron chi connectivity index (χ0n) is 16.5. The van der Waals surface area contributed by atoms with Gasteiger partial charge in [-0.15, -0.1) is 0 Å². The molecule has 6 nitrogen and oxygen atoms in total. The fraction of sp³-hybridized carbons (Fsp3) is 0.318. The van der Waals surface area contributed by atoms with E-state index in [0.717, 1.165) is 11.4 Å². The Morgan fingerprint density at radius 2 is 2.00 bits per heavy atom. The van der Waals surface area contributed by atoms with Crippen molar-refractivity contribution in [3.8, 4) is 17.1 Å². The van der Waals surface area contributed by atoms with Crippen molar-refractivity contribution in [3.05, 3.63) is 65.7 Å². The molecule has 1 aromatic carbocycles. The first-order valence-electron chi connectivity index (χ1n) is 9.53. The number of aromatic nitrogens is 3. The molecule has 3 rings (SSSR count). The number of halogens is 1. The fourth-order valence-corrected chi connectivity index (χ4v) is 2.69. The van der Waals surface area contributed by atoms with Crippen molar-refractivity contribution in [1.29, 1.82) is 0 Å². The number of rotatable bonds is 9. The largest absolute Gasteiger partial charge is 0.487 e. The fourth-order valence-electron chi connectivity index (χ4n) is 2.69.